The SMILES string of the molecule is CCC(=O)CC(C)=Cc1ccccc1. The first-order valence-electron chi connectivity index (χ1n) is 4.96. The number of carbonyl (C=O) groups excluding carboxylic acids is 1. The van der Waals surface area contributed by atoms with Gasteiger partial charge in [0.25, 0.3) is 0 Å². The summed E-state index contributed by atoms with van der Waals surface area (Å²) >= 11 is 0. The molecule has 0 aliphatic heterocycles. The molecule has 1 rings (SSSR count). The number of hydrogen-bond acceptors (Lipinski definition) is 1. The van der Waals surface area contributed by atoms with Gasteiger partial charge in [-0.05, 0) is 12.5 Å². The van der Waals surface area contributed by atoms with E-state index >= 15 is 0 Å². The fourth-order valence-electron chi connectivity index (χ4n) is 1.32. The van der Waals surface area contributed by atoms with Gasteiger partial charge in [0.1, 0.15) is 5.78 Å². The molecule has 0 bridgehead atoms. The van der Waals surface area contributed by atoms with E-state index in [4.69, 9.17) is 0 Å². The van der Waals surface area contributed by atoms with Crippen LogP contribution in [0.1, 0.15) is 32.3 Å². The minimum absolute atomic E-state index is 0.301. The molecule has 0 fully saturated rings. The average molecular weight is 188 g/mol. The van der Waals surface area contributed by atoms with Gasteiger partial charge in [-0.3, -0.25) is 4.79 Å². The van der Waals surface area contributed by atoms with E-state index in [9.17, 15) is 4.79 Å². The molecule has 1 aromatic carbocycles. The second kappa shape index (κ2) is 5.38. The van der Waals surface area contributed by atoms with Crippen LogP contribution in [0.5, 0.6) is 0 Å². The third-order valence-corrected chi connectivity index (χ3v) is 2.08. The van der Waals surface area contributed by atoms with Crippen molar-refractivity contribution in [1.29, 1.82) is 0 Å². The highest BCUT2D eigenvalue weighted by Gasteiger charge is 1.98. The van der Waals surface area contributed by atoms with E-state index in [0.29, 0.717) is 18.6 Å². The number of allylic oxidation sites excluding steroid dienone is 1. The Kier molecular flexibility index (Phi) is 4.11. The molecule has 74 valence electrons. The lowest BCUT2D eigenvalue weighted by Gasteiger charge is -1.99. The van der Waals surface area contributed by atoms with Gasteiger partial charge in [0.2, 0.25) is 0 Å². The highest BCUT2D eigenvalue weighted by atomic mass is 16.1. The molecule has 0 saturated carbocycles. The van der Waals surface area contributed by atoms with Gasteiger partial charge in [0.05, 0.1) is 0 Å². The quantitative estimate of drug-likeness (QED) is 0.707. The Morgan fingerprint density at radius 2 is 1.93 bits per heavy atom. The maximum Gasteiger partial charge on any atom is 0.136 e. The van der Waals surface area contributed by atoms with Crippen molar-refractivity contribution < 1.29 is 4.79 Å². The van der Waals surface area contributed by atoms with Crippen LogP contribution in [0.4, 0.5) is 0 Å². The van der Waals surface area contributed by atoms with E-state index in [1.165, 1.54) is 0 Å². The first-order chi connectivity index (χ1) is 6.72. The highest BCUT2D eigenvalue weighted by molar-refractivity contribution is 5.81. The van der Waals surface area contributed by atoms with E-state index in [-0.39, 0.29) is 0 Å². The fraction of sp³-hybridized carbons (Fsp3) is 0.308. The first kappa shape index (κ1) is 10.7. The lowest BCUT2D eigenvalue weighted by atomic mass is 10.1. The van der Waals surface area contributed by atoms with Crippen LogP contribution in [0.25, 0.3) is 6.08 Å². The molecule has 0 aliphatic carbocycles. The van der Waals surface area contributed by atoms with Crippen LogP contribution in [0.3, 0.4) is 0 Å². The summed E-state index contributed by atoms with van der Waals surface area (Å²) in [5.41, 5.74) is 2.29. The fourth-order valence-corrected chi connectivity index (χ4v) is 1.32. The molecule has 0 spiro atoms. The number of Topliss-reactive ketones (excluding diaryl/α,β-unsaturated/α-hetero) is 1. The molecule has 1 heteroatoms. The largest absolute Gasteiger partial charge is 0.299 e. The van der Waals surface area contributed by atoms with Gasteiger partial charge in [0, 0.05) is 12.8 Å². The number of rotatable bonds is 4. The summed E-state index contributed by atoms with van der Waals surface area (Å²) in [4.78, 5) is 11.2. The van der Waals surface area contributed by atoms with Gasteiger partial charge in [-0.15, -0.1) is 0 Å². The molecule has 0 aromatic heterocycles. The molecule has 14 heavy (non-hydrogen) atoms. The Hall–Kier alpha value is -1.37. The highest BCUT2D eigenvalue weighted by Crippen LogP contribution is 2.09. The van der Waals surface area contributed by atoms with E-state index in [0.717, 1.165) is 11.1 Å². The zero-order chi connectivity index (χ0) is 10.4. The lowest BCUT2D eigenvalue weighted by molar-refractivity contribution is -0.118. The summed E-state index contributed by atoms with van der Waals surface area (Å²) in [6, 6.07) is 10.1. The summed E-state index contributed by atoms with van der Waals surface area (Å²) < 4.78 is 0. The second-order valence-electron chi connectivity index (χ2n) is 3.47. The van der Waals surface area contributed by atoms with Crippen LogP contribution in [0, 0.1) is 0 Å². The molecular formula is C13H16O. The normalized spacial score (nSPS) is 11.4. The molecule has 0 atom stereocenters. The van der Waals surface area contributed by atoms with Crippen LogP contribution in [0.15, 0.2) is 35.9 Å². The lowest BCUT2D eigenvalue weighted by Crippen LogP contribution is -1.94. The molecule has 0 saturated heterocycles. The number of ketones is 1. The molecule has 1 aromatic rings. The first-order valence-corrected chi connectivity index (χ1v) is 4.96. The Labute approximate surface area is 85.5 Å². The van der Waals surface area contributed by atoms with Crippen molar-refractivity contribution in [2.45, 2.75) is 26.7 Å². The van der Waals surface area contributed by atoms with Gasteiger partial charge in [-0.25, -0.2) is 0 Å². The van der Waals surface area contributed by atoms with E-state index in [1.807, 2.05) is 44.2 Å². The van der Waals surface area contributed by atoms with E-state index in [1.54, 1.807) is 0 Å². The predicted molar refractivity (Wildman–Crippen MR) is 60.0 cm³/mol. The summed E-state index contributed by atoms with van der Waals surface area (Å²) in [6.07, 6.45) is 3.26. The molecule has 0 unspecified atom stereocenters. The van der Waals surface area contributed by atoms with E-state index in [2.05, 4.69) is 6.08 Å². The smallest absolute Gasteiger partial charge is 0.136 e. The van der Waals surface area contributed by atoms with Gasteiger partial charge in [-0.2, -0.15) is 0 Å². The third-order valence-electron chi connectivity index (χ3n) is 2.08. The van der Waals surface area contributed by atoms with Gasteiger partial charge < -0.3 is 0 Å². The Balaban J connectivity index is 2.65. The number of carbonyl (C=O) groups is 1. The zero-order valence-corrected chi connectivity index (χ0v) is 8.79. The van der Waals surface area contributed by atoms with Crippen LogP contribution < -0.4 is 0 Å². The minimum atomic E-state index is 0.301. The van der Waals surface area contributed by atoms with Crippen molar-refractivity contribution in [3.05, 3.63) is 41.5 Å². The van der Waals surface area contributed by atoms with Crippen molar-refractivity contribution in [2.75, 3.05) is 0 Å². The maximum absolute atomic E-state index is 11.2. The van der Waals surface area contributed by atoms with Crippen molar-refractivity contribution >= 4 is 11.9 Å². The van der Waals surface area contributed by atoms with Crippen LogP contribution in [-0.2, 0) is 4.79 Å². The molecular weight excluding hydrogens is 172 g/mol. The van der Waals surface area contributed by atoms with Crippen molar-refractivity contribution in [2.24, 2.45) is 0 Å². The molecule has 0 radical (unpaired) electrons. The third kappa shape index (κ3) is 3.56. The second-order valence-corrected chi connectivity index (χ2v) is 3.47. The van der Waals surface area contributed by atoms with Crippen molar-refractivity contribution in [3.63, 3.8) is 0 Å². The molecule has 0 heterocycles. The van der Waals surface area contributed by atoms with Gasteiger partial charge in [0.15, 0.2) is 0 Å². The summed E-state index contributed by atoms with van der Waals surface area (Å²) in [5.74, 6) is 0.301. The minimum Gasteiger partial charge on any atom is -0.299 e. The molecule has 1 nitrogen and oxygen atoms in total. The number of hydrogen-bond donors (Lipinski definition) is 0. The van der Waals surface area contributed by atoms with Crippen LogP contribution in [0.2, 0.25) is 0 Å². The summed E-state index contributed by atoms with van der Waals surface area (Å²) in [7, 11) is 0. The summed E-state index contributed by atoms with van der Waals surface area (Å²) in [5, 5.41) is 0. The predicted octanol–water partition coefficient (Wildman–Crippen LogP) is 3.46. The van der Waals surface area contributed by atoms with Crippen molar-refractivity contribution in [3.8, 4) is 0 Å². The average Bonchev–Trinajstić information content (AvgIpc) is 2.19. The van der Waals surface area contributed by atoms with E-state index < -0.39 is 0 Å². The topological polar surface area (TPSA) is 17.1 Å². The Bertz CT molecular complexity index is 322. The number of benzene rings is 1. The Morgan fingerprint density at radius 3 is 2.50 bits per heavy atom. The monoisotopic (exact) mass is 188 g/mol. The zero-order valence-electron chi connectivity index (χ0n) is 8.79. The molecule has 0 aliphatic rings. The van der Waals surface area contributed by atoms with Crippen molar-refractivity contribution in [1.82, 2.24) is 0 Å². The van der Waals surface area contributed by atoms with Crippen LogP contribution in [-0.4, -0.2) is 5.78 Å². The van der Waals surface area contributed by atoms with Gasteiger partial charge >= 0.3 is 0 Å². The maximum atomic E-state index is 11.2. The summed E-state index contributed by atoms with van der Waals surface area (Å²) in [6.45, 7) is 3.90. The molecule has 0 amide bonds. The Morgan fingerprint density at radius 1 is 1.29 bits per heavy atom. The molecule has 0 N–H and O–H groups in total. The standard InChI is InChI=1S/C13H16O/c1-3-13(14)10-11(2)9-12-7-5-4-6-8-12/h4-9H,3,10H2,1-2H3. The van der Waals surface area contributed by atoms with Crippen LogP contribution >= 0.6 is 0 Å². The van der Waals surface area contributed by atoms with Gasteiger partial charge in [-0.1, -0.05) is 48.9 Å².